The lowest BCUT2D eigenvalue weighted by Crippen LogP contribution is -2.34. The molecule has 3 N–H and O–H groups in total. The molecule has 1 aromatic carbocycles. The maximum absolute atomic E-state index is 11.9. The minimum Gasteiger partial charge on any atom is -0.508 e. The van der Waals surface area contributed by atoms with Gasteiger partial charge in [-0.3, -0.25) is 9.59 Å². The fraction of sp³-hybridized carbons (Fsp3) is 0.429. The Bertz CT molecular complexity index is 470. The van der Waals surface area contributed by atoms with Gasteiger partial charge in [-0.25, -0.2) is 0 Å². The molecule has 5 heteroatoms. The summed E-state index contributed by atoms with van der Waals surface area (Å²) in [6.07, 6.45) is 0.238. The van der Waals surface area contributed by atoms with Gasteiger partial charge in [-0.1, -0.05) is 6.07 Å². The second kappa shape index (κ2) is 6.78. The molecule has 0 aliphatic rings. The van der Waals surface area contributed by atoms with E-state index in [1.54, 1.807) is 19.1 Å². The highest BCUT2D eigenvalue weighted by Crippen LogP contribution is 2.19. The zero-order chi connectivity index (χ0) is 14.4. The molecule has 0 aromatic heterocycles. The number of rotatable bonds is 5. The Morgan fingerprint density at radius 3 is 2.63 bits per heavy atom. The van der Waals surface area contributed by atoms with Crippen LogP contribution in [0.4, 0.5) is 0 Å². The van der Waals surface area contributed by atoms with Crippen molar-refractivity contribution in [2.75, 3.05) is 6.54 Å². The summed E-state index contributed by atoms with van der Waals surface area (Å²) in [4.78, 5) is 23.3. The minimum absolute atomic E-state index is 0.0881. The molecular formula is C14H20N2O3. The van der Waals surface area contributed by atoms with Crippen molar-refractivity contribution >= 4 is 11.8 Å². The molecule has 2 amide bonds. The molecule has 0 unspecified atom stereocenters. The molecule has 0 saturated carbocycles. The third kappa shape index (κ3) is 4.62. The number of aromatic hydroxyl groups is 1. The third-order valence-corrected chi connectivity index (χ3v) is 2.64. The predicted octanol–water partition coefficient (Wildman–Crippen LogP) is 1.35. The Morgan fingerprint density at radius 2 is 2.00 bits per heavy atom. The molecular weight excluding hydrogens is 244 g/mol. The summed E-state index contributed by atoms with van der Waals surface area (Å²) in [5.74, 6) is -0.293. The van der Waals surface area contributed by atoms with Crippen molar-refractivity contribution in [3.05, 3.63) is 29.3 Å². The van der Waals surface area contributed by atoms with Crippen molar-refractivity contribution < 1.29 is 14.7 Å². The third-order valence-electron chi connectivity index (χ3n) is 2.64. The highest BCUT2D eigenvalue weighted by Gasteiger charge is 2.11. The summed E-state index contributed by atoms with van der Waals surface area (Å²) in [7, 11) is 0. The van der Waals surface area contributed by atoms with E-state index in [0.29, 0.717) is 11.1 Å². The number of phenols is 1. The molecule has 0 fully saturated rings. The predicted molar refractivity (Wildman–Crippen MR) is 73.1 cm³/mol. The van der Waals surface area contributed by atoms with E-state index in [1.165, 1.54) is 6.07 Å². The van der Waals surface area contributed by atoms with E-state index in [1.807, 2.05) is 13.8 Å². The molecule has 0 atom stereocenters. The molecule has 0 radical (unpaired) electrons. The van der Waals surface area contributed by atoms with E-state index in [9.17, 15) is 14.7 Å². The molecule has 0 aliphatic carbocycles. The molecule has 1 aromatic rings. The second-order valence-electron chi connectivity index (χ2n) is 4.68. The average molecular weight is 264 g/mol. The van der Waals surface area contributed by atoms with E-state index in [4.69, 9.17) is 0 Å². The van der Waals surface area contributed by atoms with Gasteiger partial charge >= 0.3 is 0 Å². The summed E-state index contributed by atoms with van der Waals surface area (Å²) >= 11 is 0. The largest absolute Gasteiger partial charge is 0.508 e. The van der Waals surface area contributed by atoms with E-state index in [2.05, 4.69) is 10.6 Å². The number of amides is 2. The van der Waals surface area contributed by atoms with Gasteiger partial charge in [0.05, 0.1) is 0 Å². The average Bonchev–Trinajstić information content (AvgIpc) is 2.31. The van der Waals surface area contributed by atoms with E-state index in [0.717, 1.165) is 0 Å². The van der Waals surface area contributed by atoms with Crippen LogP contribution in [0.1, 0.15) is 36.2 Å². The molecule has 5 nitrogen and oxygen atoms in total. The maximum atomic E-state index is 11.9. The first-order valence-electron chi connectivity index (χ1n) is 6.28. The SMILES string of the molecule is Cc1c(O)cccc1C(=O)NCCC(=O)NC(C)C. The van der Waals surface area contributed by atoms with Crippen LogP contribution in [0, 0.1) is 6.92 Å². The lowest BCUT2D eigenvalue weighted by molar-refractivity contribution is -0.121. The number of phenolic OH excluding ortho intramolecular Hbond substituents is 1. The van der Waals surface area contributed by atoms with Crippen LogP contribution in [0.2, 0.25) is 0 Å². The second-order valence-corrected chi connectivity index (χ2v) is 4.68. The van der Waals surface area contributed by atoms with Crippen LogP contribution < -0.4 is 10.6 Å². The van der Waals surface area contributed by atoms with Gasteiger partial charge in [-0.2, -0.15) is 0 Å². The number of carbonyl (C=O) groups is 2. The number of nitrogens with one attached hydrogen (secondary N) is 2. The summed E-state index contributed by atoms with van der Waals surface area (Å²) in [5.41, 5.74) is 0.955. The van der Waals surface area contributed by atoms with Gasteiger partial charge in [0, 0.05) is 30.1 Å². The van der Waals surface area contributed by atoms with Gasteiger partial charge < -0.3 is 15.7 Å². The summed E-state index contributed by atoms with van der Waals surface area (Å²) in [6, 6.07) is 4.88. The highest BCUT2D eigenvalue weighted by atomic mass is 16.3. The van der Waals surface area contributed by atoms with Crippen molar-refractivity contribution in [1.29, 1.82) is 0 Å². The van der Waals surface area contributed by atoms with Gasteiger partial charge in [0.2, 0.25) is 5.91 Å². The Morgan fingerprint density at radius 1 is 1.32 bits per heavy atom. The fourth-order valence-corrected chi connectivity index (χ4v) is 1.65. The molecule has 0 heterocycles. The summed E-state index contributed by atoms with van der Waals surface area (Å²) in [5, 5.41) is 14.9. The Hall–Kier alpha value is -2.04. The quantitative estimate of drug-likeness (QED) is 0.751. The van der Waals surface area contributed by atoms with Crippen molar-refractivity contribution in [2.24, 2.45) is 0 Å². The number of hydrogen-bond acceptors (Lipinski definition) is 3. The van der Waals surface area contributed by atoms with Crippen molar-refractivity contribution in [3.63, 3.8) is 0 Å². The normalized spacial score (nSPS) is 10.3. The Kier molecular flexibility index (Phi) is 5.36. The van der Waals surface area contributed by atoms with Crippen LogP contribution in [-0.2, 0) is 4.79 Å². The number of benzene rings is 1. The van der Waals surface area contributed by atoms with E-state index >= 15 is 0 Å². The highest BCUT2D eigenvalue weighted by molar-refractivity contribution is 5.96. The number of carbonyl (C=O) groups excluding carboxylic acids is 2. The maximum Gasteiger partial charge on any atom is 0.251 e. The monoisotopic (exact) mass is 264 g/mol. The first-order chi connectivity index (χ1) is 8.91. The molecule has 19 heavy (non-hydrogen) atoms. The lowest BCUT2D eigenvalue weighted by atomic mass is 10.1. The molecule has 104 valence electrons. The first-order valence-corrected chi connectivity index (χ1v) is 6.28. The summed E-state index contributed by atoms with van der Waals surface area (Å²) in [6.45, 7) is 5.71. The molecule has 0 aliphatic heterocycles. The van der Waals surface area contributed by atoms with Gasteiger partial charge in [0.25, 0.3) is 5.91 Å². The van der Waals surface area contributed by atoms with Crippen molar-refractivity contribution in [1.82, 2.24) is 10.6 Å². The zero-order valence-electron chi connectivity index (χ0n) is 11.5. The van der Waals surface area contributed by atoms with Gasteiger partial charge in [0.15, 0.2) is 0 Å². The van der Waals surface area contributed by atoms with Crippen LogP contribution >= 0.6 is 0 Å². The molecule has 0 spiro atoms. The van der Waals surface area contributed by atoms with Gasteiger partial charge in [0.1, 0.15) is 5.75 Å². The van der Waals surface area contributed by atoms with Crippen LogP contribution in [-0.4, -0.2) is 29.5 Å². The van der Waals surface area contributed by atoms with Gasteiger partial charge in [-0.05, 0) is 32.9 Å². The fourth-order valence-electron chi connectivity index (χ4n) is 1.65. The standard InChI is InChI=1S/C14H20N2O3/c1-9(2)16-13(18)7-8-15-14(19)11-5-4-6-12(17)10(11)3/h4-6,9,17H,7-8H2,1-3H3,(H,15,19)(H,16,18). The smallest absolute Gasteiger partial charge is 0.251 e. The topological polar surface area (TPSA) is 78.4 Å². The Labute approximate surface area is 113 Å². The van der Waals surface area contributed by atoms with Gasteiger partial charge in [-0.15, -0.1) is 0 Å². The summed E-state index contributed by atoms with van der Waals surface area (Å²) < 4.78 is 0. The zero-order valence-corrected chi connectivity index (χ0v) is 11.5. The van der Waals surface area contributed by atoms with E-state index in [-0.39, 0.29) is 36.6 Å². The molecule has 0 saturated heterocycles. The van der Waals surface area contributed by atoms with E-state index < -0.39 is 0 Å². The van der Waals surface area contributed by atoms with Crippen LogP contribution in [0.25, 0.3) is 0 Å². The minimum atomic E-state index is -0.286. The van der Waals surface area contributed by atoms with Crippen LogP contribution in [0.15, 0.2) is 18.2 Å². The lowest BCUT2D eigenvalue weighted by Gasteiger charge is -2.10. The first kappa shape index (κ1) is 15.0. The van der Waals surface area contributed by atoms with Crippen molar-refractivity contribution in [2.45, 2.75) is 33.2 Å². The van der Waals surface area contributed by atoms with Crippen LogP contribution in [0.5, 0.6) is 5.75 Å². The Balaban J connectivity index is 2.48. The molecule has 1 rings (SSSR count). The van der Waals surface area contributed by atoms with Crippen molar-refractivity contribution in [3.8, 4) is 5.75 Å². The molecule has 0 bridgehead atoms. The number of hydrogen-bond donors (Lipinski definition) is 3. The van der Waals surface area contributed by atoms with Crippen LogP contribution in [0.3, 0.4) is 0 Å².